The second-order valence-corrected chi connectivity index (χ2v) is 3.31. The fraction of sp³-hybridized carbons (Fsp3) is 0.154. The van der Waals surface area contributed by atoms with Gasteiger partial charge in [0.1, 0.15) is 25.2 Å². The van der Waals surface area contributed by atoms with E-state index in [0.29, 0.717) is 6.61 Å². The highest BCUT2D eigenvalue weighted by molar-refractivity contribution is 5.39. The largest absolute Gasteiger partial charge is 0.489 e. The Hall–Kier alpha value is -2.25. The highest BCUT2D eigenvalue weighted by Gasteiger charge is 1.98. The number of hydrogen-bond acceptors (Lipinski definition) is 4. The van der Waals surface area contributed by atoms with E-state index in [1.165, 1.54) is 6.26 Å². The van der Waals surface area contributed by atoms with Gasteiger partial charge in [-0.25, -0.2) is 0 Å². The zero-order valence-electron chi connectivity index (χ0n) is 9.09. The van der Waals surface area contributed by atoms with Crippen LogP contribution in [-0.2, 0) is 6.61 Å². The lowest BCUT2D eigenvalue weighted by molar-refractivity contribution is 0.304. The molecular weight excluding hydrogens is 218 g/mol. The molecule has 0 amide bonds. The molecule has 0 aliphatic carbocycles. The molecule has 17 heavy (non-hydrogen) atoms. The van der Waals surface area contributed by atoms with Crippen molar-refractivity contribution in [1.29, 1.82) is 0 Å². The summed E-state index contributed by atoms with van der Waals surface area (Å²) in [5, 5.41) is 12.2. The molecule has 0 atom stereocenters. The molecule has 1 N–H and O–H groups in total. The normalized spacial score (nSPS) is 9.47. The summed E-state index contributed by atoms with van der Waals surface area (Å²) in [6.07, 6.45) is 3.14. The molecule has 2 aromatic rings. The van der Waals surface area contributed by atoms with E-state index < -0.39 is 0 Å². The van der Waals surface area contributed by atoms with Crippen LogP contribution in [-0.4, -0.2) is 16.9 Å². The van der Waals surface area contributed by atoms with Crippen molar-refractivity contribution in [3.8, 4) is 17.6 Å². The first-order valence-electron chi connectivity index (χ1n) is 5.09. The average Bonchev–Trinajstić information content (AvgIpc) is 2.87. The summed E-state index contributed by atoms with van der Waals surface area (Å²) in [6.45, 7) is 0.256. The summed E-state index contributed by atoms with van der Waals surface area (Å²) in [5.74, 6) is 6.12. The molecular formula is C13H11NO3. The topological polar surface area (TPSA) is 55.5 Å². The van der Waals surface area contributed by atoms with Gasteiger partial charge >= 0.3 is 0 Å². The van der Waals surface area contributed by atoms with Gasteiger partial charge in [0.15, 0.2) is 0 Å². The van der Waals surface area contributed by atoms with Crippen LogP contribution in [0.5, 0.6) is 5.75 Å². The van der Waals surface area contributed by atoms with Gasteiger partial charge in [0, 0.05) is 11.1 Å². The molecule has 86 valence electrons. The number of nitrogens with zero attached hydrogens (tertiary/aromatic N) is 1. The van der Waals surface area contributed by atoms with E-state index in [4.69, 9.17) is 14.4 Å². The van der Waals surface area contributed by atoms with Gasteiger partial charge < -0.3 is 14.4 Å². The van der Waals surface area contributed by atoms with Crippen molar-refractivity contribution in [2.75, 3.05) is 6.61 Å². The fourth-order valence-electron chi connectivity index (χ4n) is 1.27. The molecule has 0 bridgehead atoms. The molecule has 1 heterocycles. The van der Waals surface area contributed by atoms with E-state index in [2.05, 4.69) is 17.0 Å². The maximum atomic E-state index is 8.60. The van der Waals surface area contributed by atoms with E-state index in [0.717, 1.165) is 16.9 Å². The molecule has 4 nitrogen and oxygen atoms in total. The van der Waals surface area contributed by atoms with Crippen molar-refractivity contribution in [3.63, 3.8) is 0 Å². The highest BCUT2D eigenvalue weighted by Crippen LogP contribution is 2.14. The van der Waals surface area contributed by atoms with Crippen LogP contribution in [0.15, 0.2) is 41.2 Å². The third kappa shape index (κ3) is 3.37. The predicted molar refractivity (Wildman–Crippen MR) is 61.2 cm³/mol. The Bertz CT molecular complexity index is 523. The van der Waals surface area contributed by atoms with Crippen LogP contribution in [0.3, 0.4) is 0 Å². The Labute approximate surface area is 98.8 Å². The monoisotopic (exact) mass is 229 g/mol. The van der Waals surface area contributed by atoms with E-state index in [1.807, 2.05) is 24.3 Å². The highest BCUT2D eigenvalue weighted by atomic mass is 16.5. The van der Waals surface area contributed by atoms with Gasteiger partial charge in [-0.3, -0.25) is 0 Å². The minimum Gasteiger partial charge on any atom is -0.489 e. The van der Waals surface area contributed by atoms with Gasteiger partial charge in [-0.1, -0.05) is 23.1 Å². The lowest BCUT2D eigenvalue weighted by Crippen LogP contribution is -1.93. The van der Waals surface area contributed by atoms with E-state index in [1.54, 1.807) is 6.20 Å². The second-order valence-electron chi connectivity index (χ2n) is 3.31. The first-order valence-corrected chi connectivity index (χ1v) is 5.09. The van der Waals surface area contributed by atoms with Crippen LogP contribution >= 0.6 is 0 Å². The first-order chi connectivity index (χ1) is 8.38. The molecule has 1 aromatic carbocycles. The van der Waals surface area contributed by atoms with E-state index in [-0.39, 0.29) is 6.61 Å². The SMILES string of the molecule is OCC#Cc1cccc(OCc2cnoc2)c1. The Morgan fingerprint density at radius 2 is 2.35 bits per heavy atom. The van der Waals surface area contributed by atoms with E-state index in [9.17, 15) is 0 Å². The molecule has 1 aromatic heterocycles. The number of rotatable bonds is 3. The number of aliphatic hydroxyl groups is 1. The van der Waals surface area contributed by atoms with Gasteiger partial charge in [0.25, 0.3) is 0 Å². The zero-order chi connectivity index (χ0) is 11.9. The summed E-state index contributed by atoms with van der Waals surface area (Å²) >= 11 is 0. The van der Waals surface area contributed by atoms with Gasteiger partial charge in [0.05, 0.1) is 6.20 Å². The van der Waals surface area contributed by atoms with Crippen molar-refractivity contribution < 1.29 is 14.4 Å². The second kappa shape index (κ2) is 5.73. The van der Waals surface area contributed by atoms with Crippen LogP contribution in [0, 0.1) is 11.8 Å². The lowest BCUT2D eigenvalue weighted by atomic mass is 10.2. The molecule has 0 spiro atoms. The molecule has 4 heteroatoms. The standard InChI is InChI=1S/C13H11NO3/c15-6-2-4-11-3-1-5-13(7-11)16-9-12-8-14-17-10-12/h1,3,5,7-8,10,15H,6,9H2. The van der Waals surface area contributed by atoms with Crippen molar-refractivity contribution in [1.82, 2.24) is 5.16 Å². The Morgan fingerprint density at radius 3 is 3.12 bits per heavy atom. The van der Waals surface area contributed by atoms with Gasteiger partial charge in [-0.05, 0) is 18.2 Å². The number of aliphatic hydroxyl groups excluding tert-OH is 1. The van der Waals surface area contributed by atoms with Crippen molar-refractivity contribution in [2.24, 2.45) is 0 Å². The third-order valence-electron chi connectivity index (χ3n) is 2.03. The third-order valence-corrected chi connectivity index (χ3v) is 2.03. The minimum absolute atomic E-state index is 0.147. The molecule has 0 saturated carbocycles. The van der Waals surface area contributed by atoms with Crippen LogP contribution in [0.2, 0.25) is 0 Å². The molecule has 0 saturated heterocycles. The van der Waals surface area contributed by atoms with Gasteiger partial charge in [0.2, 0.25) is 0 Å². The number of aromatic nitrogens is 1. The number of ether oxygens (including phenoxy) is 1. The molecule has 0 aliphatic rings. The Balaban J connectivity index is 2.01. The molecule has 0 radical (unpaired) electrons. The van der Waals surface area contributed by atoms with Gasteiger partial charge in [-0.2, -0.15) is 0 Å². The zero-order valence-corrected chi connectivity index (χ0v) is 9.09. The quantitative estimate of drug-likeness (QED) is 0.812. The molecule has 2 rings (SSSR count). The maximum Gasteiger partial charge on any atom is 0.130 e. The van der Waals surface area contributed by atoms with Gasteiger partial charge in [-0.15, -0.1) is 0 Å². The van der Waals surface area contributed by atoms with E-state index >= 15 is 0 Å². The predicted octanol–water partition coefficient (Wildman–Crippen LogP) is 1.60. The summed E-state index contributed by atoms with van der Waals surface area (Å²) in [6, 6.07) is 7.37. The van der Waals surface area contributed by atoms with Crippen LogP contribution in [0.25, 0.3) is 0 Å². The Kier molecular flexibility index (Phi) is 3.79. The average molecular weight is 229 g/mol. The van der Waals surface area contributed by atoms with Crippen molar-refractivity contribution in [3.05, 3.63) is 47.9 Å². The van der Waals surface area contributed by atoms with Crippen molar-refractivity contribution in [2.45, 2.75) is 6.61 Å². The maximum absolute atomic E-state index is 8.60. The first kappa shape index (κ1) is 11.2. The van der Waals surface area contributed by atoms with Crippen LogP contribution in [0.4, 0.5) is 0 Å². The molecule has 0 fully saturated rings. The molecule has 0 unspecified atom stereocenters. The fourth-order valence-corrected chi connectivity index (χ4v) is 1.27. The summed E-state index contributed by atoms with van der Waals surface area (Å²) in [4.78, 5) is 0. The summed E-state index contributed by atoms with van der Waals surface area (Å²) in [7, 11) is 0. The number of hydrogen-bond donors (Lipinski definition) is 1. The van der Waals surface area contributed by atoms with Crippen LogP contribution < -0.4 is 4.74 Å². The lowest BCUT2D eigenvalue weighted by Gasteiger charge is -2.03. The minimum atomic E-state index is -0.147. The Morgan fingerprint density at radius 1 is 1.41 bits per heavy atom. The summed E-state index contributed by atoms with van der Waals surface area (Å²) < 4.78 is 10.2. The molecule has 0 aliphatic heterocycles. The summed E-state index contributed by atoms with van der Waals surface area (Å²) in [5.41, 5.74) is 1.68. The van der Waals surface area contributed by atoms with Crippen molar-refractivity contribution >= 4 is 0 Å². The smallest absolute Gasteiger partial charge is 0.130 e. The van der Waals surface area contributed by atoms with Crippen LogP contribution in [0.1, 0.15) is 11.1 Å². The number of benzene rings is 1.